The van der Waals surface area contributed by atoms with Crippen molar-refractivity contribution in [2.75, 3.05) is 45.3 Å². The van der Waals surface area contributed by atoms with Crippen molar-refractivity contribution in [1.82, 2.24) is 9.88 Å². The van der Waals surface area contributed by atoms with Crippen molar-refractivity contribution < 1.29 is 9.53 Å². The number of morpholine rings is 1. The van der Waals surface area contributed by atoms with Gasteiger partial charge in [-0.2, -0.15) is 0 Å². The molecule has 2 aromatic heterocycles. The minimum absolute atomic E-state index is 0.0314. The molecule has 0 N–H and O–H groups in total. The molecular formula is C28H33N3O2S. The van der Waals surface area contributed by atoms with Gasteiger partial charge in [0.05, 0.1) is 28.8 Å². The molecule has 0 atom stereocenters. The molecule has 0 radical (unpaired) electrons. The van der Waals surface area contributed by atoms with Crippen molar-refractivity contribution in [1.29, 1.82) is 0 Å². The van der Waals surface area contributed by atoms with Crippen LogP contribution in [0, 0.1) is 5.41 Å². The molecule has 3 heterocycles. The Hall–Kier alpha value is -2.54. The maximum Gasteiger partial charge on any atom is 0.173 e. The summed E-state index contributed by atoms with van der Waals surface area (Å²) in [4.78, 5) is 23.5. The topological polar surface area (TPSA) is 45.7 Å². The predicted molar refractivity (Wildman–Crippen MR) is 140 cm³/mol. The summed E-state index contributed by atoms with van der Waals surface area (Å²) in [6.45, 7) is 8.43. The monoisotopic (exact) mass is 475 g/mol. The highest BCUT2D eigenvalue weighted by Crippen LogP contribution is 2.49. The number of ketones is 1. The minimum Gasteiger partial charge on any atom is -0.378 e. The van der Waals surface area contributed by atoms with E-state index in [1.807, 2.05) is 6.20 Å². The van der Waals surface area contributed by atoms with Gasteiger partial charge in [0, 0.05) is 43.4 Å². The Morgan fingerprint density at radius 2 is 1.88 bits per heavy atom. The average molecular weight is 476 g/mol. The smallest absolute Gasteiger partial charge is 0.173 e. The van der Waals surface area contributed by atoms with E-state index in [4.69, 9.17) is 9.72 Å². The molecule has 6 heteroatoms. The summed E-state index contributed by atoms with van der Waals surface area (Å²) in [6, 6.07) is 12.8. The van der Waals surface area contributed by atoms with Crippen molar-refractivity contribution in [3.05, 3.63) is 58.6 Å². The summed E-state index contributed by atoms with van der Waals surface area (Å²) in [5.41, 5.74) is 6.94. The van der Waals surface area contributed by atoms with Gasteiger partial charge < -0.3 is 14.5 Å². The molecule has 178 valence electrons. The van der Waals surface area contributed by atoms with E-state index >= 15 is 0 Å². The molecule has 0 amide bonds. The molecule has 3 aromatic rings. The summed E-state index contributed by atoms with van der Waals surface area (Å²) >= 11 is 1.68. The fourth-order valence-corrected chi connectivity index (χ4v) is 6.50. The highest BCUT2D eigenvalue weighted by Gasteiger charge is 2.37. The summed E-state index contributed by atoms with van der Waals surface area (Å²) in [7, 11) is 4.18. The first kappa shape index (κ1) is 23.2. The number of nitrogens with zero attached hydrogens (tertiary/aromatic N) is 3. The largest absolute Gasteiger partial charge is 0.378 e. The fraction of sp³-hybridized carbons (Fsp3) is 0.429. The molecule has 1 saturated heterocycles. The number of pyridine rings is 1. The second-order valence-electron chi connectivity index (χ2n) is 10.5. The van der Waals surface area contributed by atoms with Crippen LogP contribution in [0.15, 0.2) is 42.6 Å². The molecule has 5 nitrogen and oxygen atoms in total. The lowest BCUT2D eigenvalue weighted by Crippen LogP contribution is -2.36. The van der Waals surface area contributed by atoms with Gasteiger partial charge >= 0.3 is 0 Å². The fourth-order valence-electron chi connectivity index (χ4n) is 5.17. The number of benzene rings is 1. The molecule has 0 saturated carbocycles. The number of carbonyl (C=O) groups is 1. The van der Waals surface area contributed by atoms with E-state index < -0.39 is 0 Å². The van der Waals surface area contributed by atoms with Crippen molar-refractivity contribution in [2.45, 2.75) is 33.2 Å². The van der Waals surface area contributed by atoms with E-state index in [-0.39, 0.29) is 11.2 Å². The van der Waals surface area contributed by atoms with Crippen LogP contribution in [0.4, 0.5) is 5.00 Å². The van der Waals surface area contributed by atoms with Gasteiger partial charge in [-0.25, -0.2) is 0 Å². The number of aromatic nitrogens is 1. The molecule has 0 spiro atoms. The highest BCUT2D eigenvalue weighted by atomic mass is 32.1. The SMILES string of the molecule is CN(C)Cc1ccccc1-c1cc(-c2c(N3CCOCC3)sc3c2CC(C)(C)CC3=O)ccn1. The van der Waals surface area contributed by atoms with E-state index in [9.17, 15) is 4.79 Å². The number of carbonyl (C=O) groups excluding carboxylic acids is 1. The highest BCUT2D eigenvalue weighted by molar-refractivity contribution is 7.19. The molecule has 2 aliphatic rings. The van der Waals surface area contributed by atoms with E-state index in [2.05, 4.69) is 74.1 Å². The molecule has 1 fully saturated rings. The Bertz CT molecular complexity index is 1210. The molecule has 0 bridgehead atoms. The Balaban J connectivity index is 1.65. The molecular weight excluding hydrogens is 442 g/mol. The van der Waals surface area contributed by atoms with Crippen LogP contribution < -0.4 is 4.90 Å². The number of fused-ring (bicyclic) bond motifs is 1. The van der Waals surface area contributed by atoms with E-state index in [0.717, 1.165) is 61.0 Å². The Labute approximate surface area is 206 Å². The maximum absolute atomic E-state index is 13.2. The Morgan fingerprint density at radius 3 is 2.65 bits per heavy atom. The number of ether oxygens (including phenoxy) is 1. The summed E-state index contributed by atoms with van der Waals surface area (Å²) in [5, 5.41) is 1.21. The zero-order valence-corrected chi connectivity index (χ0v) is 21.4. The van der Waals surface area contributed by atoms with Crippen LogP contribution in [-0.2, 0) is 17.7 Å². The second kappa shape index (κ2) is 9.25. The van der Waals surface area contributed by atoms with Gasteiger partial charge in [-0.15, -0.1) is 11.3 Å². The normalized spacial score (nSPS) is 17.8. The van der Waals surface area contributed by atoms with Gasteiger partial charge in [0.25, 0.3) is 0 Å². The first-order valence-corrected chi connectivity index (χ1v) is 12.8. The lowest BCUT2D eigenvalue weighted by Gasteiger charge is -2.30. The number of thiophene rings is 1. The van der Waals surface area contributed by atoms with E-state index in [1.165, 1.54) is 21.7 Å². The van der Waals surface area contributed by atoms with Crippen LogP contribution in [0.3, 0.4) is 0 Å². The van der Waals surface area contributed by atoms with Gasteiger partial charge in [0.1, 0.15) is 0 Å². The maximum atomic E-state index is 13.2. The number of anilines is 1. The number of hydrogen-bond acceptors (Lipinski definition) is 6. The van der Waals surface area contributed by atoms with Crippen molar-refractivity contribution in [3.8, 4) is 22.4 Å². The van der Waals surface area contributed by atoms with Crippen LogP contribution in [0.5, 0.6) is 0 Å². The van der Waals surface area contributed by atoms with Crippen molar-refractivity contribution >= 4 is 22.1 Å². The summed E-state index contributed by atoms with van der Waals surface area (Å²) < 4.78 is 5.63. The lowest BCUT2D eigenvalue weighted by atomic mass is 9.75. The van der Waals surface area contributed by atoms with E-state index in [1.54, 1.807) is 11.3 Å². The lowest BCUT2D eigenvalue weighted by molar-refractivity contribution is 0.0918. The van der Waals surface area contributed by atoms with Gasteiger partial charge in [-0.05, 0) is 54.8 Å². The zero-order chi connectivity index (χ0) is 23.9. The first-order chi connectivity index (χ1) is 16.3. The summed E-state index contributed by atoms with van der Waals surface area (Å²) in [6.07, 6.45) is 3.45. The van der Waals surface area contributed by atoms with Crippen LogP contribution in [0.1, 0.15) is 41.1 Å². The van der Waals surface area contributed by atoms with Crippen LogP contribution in [0.2, 0.25) is 0 Å². The minimum atomic E-state index is -0.0314. The van der Waals surface area contributed by atoms with E-state index in [0.29, 0.717) is 6.42 Å². The molecule has 0 unspecified atom stereocenters. The van der Waals surface area contributed by atoms with Gasteiger partial charge in [-0.3, -0.25) is 9.78 Å². The molecule has 34 heavy (non-hydrogen) atoms. The number of hydrogen-bond donors (Lipinski definition) is 0. The molecule has 1 aliphatic heterocycles. The van der Waals surface area contributed by atoms with Crippen LogP contribution in [-0.4, -0.2) is 56.1 Å². The van der Waals surface area contributed by atoms with Gasteiger partial charge in [0.15, 0.2) is 5.78 Å². The third-order valence-electron chi connectivity index (χ3n) is 6.66. The predicted octanol–water partition coefficient (Wildman–Crippen LogP) is 5.53. The quantitative estimate of drug-likeness (QED) is 0.485. The number of Topliss-reactive ketones (excluding diaryl/α,β-unsaturated/α-hetero) is 1. The molecule has 5 rings (SSSR count). The van der Waals surface area contributed by atoms with Crippen LogP contribution >= 0.6 is 11.3 Å². The van der Waals surface area contributed by atoms with Gasteiger partial charge in [-0.1, -0.05) is 38.1 Å². The van der Waals surface area contributed by atoms with Gasteiger partial charge in [0.2, 0.25) is 0 Å². The average Bonchev–Trinajstić information content (AvgIpc) is 3.18. The Morgan fingerprint density at radius 1 is 1.12 bits per heavy atom. The van der Waals surface area contributed by atoms with Crippen molar-refractivity contribution in [2.24, 2.45) is 5.41 Å². The first-order valence-electron chi connectivity index (χ1n) is 12.0. The third-order valence-corrected chi connectivity index (χ3v) is 8.00. The van der Waals surface area contributed by atoms with Crippen molar-refractivity contribution in [3.63, 3.8) is 0 Å². The Kier molecular flexibility index (Phi) is 6.32. The number of rotatable bonds is 5. The summed E-state index contributed by atoms with van der Waals surface area (Å²) in [5.74, 6) is 0.280. The molecule has 1 aliphatic carbocycles. The molecule has 1 aromatic carbocycles. The zero-order valence-electron chi connectivity index (χ0n) is 20.6. The standard InChI is InChI=1S/C28H33N3O2S/c1-28(2)16-22-25(27(31-11-13-33-14-12-31)34-26(22)24(32)17-28)19-9-10-29-23(15-19)21-8-6-5-7-20(21)18-30(3)4/h5-10,15H,11-14,16-18H2,1-4H3. The van der Waals surface area contributed by atoms with Crippen LogP contribution in [0.25, 0.3) is 22.4 Å². The second-order valence-corrected chi connectivity index (χ2v) is 11.5. The third kappa shape index (κ3) is 4.54.